The molecule has 3 heteroatoms. The highest BCUT2D eigenvalue weighted by molar-refractivity contribution is 9.10. The first-order valence-electron chi connectivity index (χ1n) is 6.68. The fourth-order valence-corrected chi connectivity index (χ4v) is 2.50. The van der Waals surface area contributed by atoms with Gasteiger partial charge in [-0.1, -0.05) is 19.9 Å². The third kappa shape index (κ3) is 4.62. The number of hydrogen-bond acceptors (Lipinski definition) is 2. The Hall–Kier alpha value is -0.540. The maximum atomic E-state index is 5.54. The van der Waals surface area contributed by atoms with Gasteiger partial charge >= 0.3 is 0 Å². The van der Waals surface area contributed by atoms with Gasteiger partial charge in [0, 0.05) is 6.04 Å². The molecule has 0 aliphatic carbocycles. The Morgan fingerprint density at radius 2 is 2.00 bits per heavy atom. The first-order valence-corrected chi connectivity index (χ1v) is 7.47. The summed E-state index contributed by atoms with van der Waals surface area (Å²) in [5, 5.41) is 3.39. The van der Waals surface area contributed by atoms with Crippen molar-refractivity contribution in [3.63, 3.8) is 0 Å². The van der Waals surface area contributed by atoms with Crippen LogP contribution in [-0.2, 0) is 0 Å². The Bertz CT molecular complexity index is 366. The van der Waals surface area contributed by atoms with Crippen molar-refractivity contribution in [1.29, 1.82) is 0 Å². The van der Waals surface area contributed by atoms with E-state index in [0.717, 1.165) is 22.6 Å². The topological polar surface area (TPSA) is 21.3 Å². The number of nitrogens with one attached hydrogen (secondary N) is 1. The fourth-order valence-electron chi connectivity index (χ4n) is 1.98. The minimum atomic E-state index is 0.416. The van der Waals surface area contributed by atoms with Crippen LogP contribution in [0.25, 0.3) is 0 Å². The van der Waals surface area contributed by atoms with Gasteiger partial charge in [-0.3, -0.25) is 0 Å². The highest BCUT2D eigenvalue weighted by Crippen LogP contribution is 2.30. The van der Waals surface area contributed by atoms with Crippen LogP contribution in [0.15, 0.2) is 22.7 Å². The van der Waals surface area contributed by atoms with Crippen LogP contribution >= 0.6 is 15.9 Å². The van der Waals surface area contributed by atoms with Gasteiger partial charge in [-0.05, 0) is 66.4 Å². The lowest BCUT2D eigenvalue weighted by Crippen LogP contribution is -2.17. The molecular formula is C15H24BrNO. The van der Waals surface area contributed by atoms with Gasteiger partial charge in [0.05, 0.1) is 11.1 Å². The quantitative estimate of drug-likeness (QED) is 0.797. The molecule has 0 bridgehead atoms. The van der Waals surface area contributed by atoms with Crippen LogP contribution in [0.3, 0.4) is 0 Å². The van der Waals surface area contributed by atoms with E-state index in [1.165, 1.54) is 12.0 Å². The lowest BCUT2D eigenvalue weighted by molar-refractivity contribution is 0.338. The van der Waals surface area contributed by atoms with E-state index in [0.29, 0.717) is 12.6 Å². The molecule has 0 amide bonds. The van der Waals surface area contributed by atoms with Gasteiger partial charge in [-0.15, -0.1) is 0 Å². The van der Waals surface area contributed by atoms with Crippen molar-refractivity contribution in [2.75, 3.05) is 13.7 Å². The number of rotatable bonds is 7. The molecule has 0 aromatic heterocycles. The van der Waals surface area contributed by atoms with E-state index in [4.69, 9.17) is 4.74 Å². The summed E-state index contributed by atoms with van der Waals surface area (Å²) < 4.78 is 6.57. The monoisotopic (exact) mass is 313 g/mol. The van der Waals surface area contributed by atoms with Crippen molar-refractivity contribution in [2.45, 2.75) is 39.7 Å². The lowest BCUT2D eigenvalue weighted by Gasteiger charge is -2.19. The van der Waals surface area contributed by atoms with E-state index in [1.807, 2.05) is 20.0 Å². The third-order valence-corrected chi connectivity index (χ3v) is 3.66. The van der Waals surface area contributed by atoms with E-state index in [-0.39, 0.29) is 0 Å². The summed E-state index contributed by atoms with van der Waals surface area (Å²) in [4.78, 5) is 0. The Labute approximate surface area is 119 Å². The van der Waals surface area contributed by atoms with Gasteiger partial charge in [-0.25, -0.2) is 0 Å². The van der Waals surface area contributed by atoms with Crippen LogP contribution in [0, 0.1) is 5.92 Å². The molecule has 0 fully saturated rings. The van der Waals surface area contributed by atoms with E-state index in [2.05, 4.69) is 47.2 Å². The Morgan fingerprint density at radius 1 is 1.28 bits per heavy atom. The predicted octanol–water partition coefficient (Wildman–Crippen LogP) is 4.54. The van der Waals surface area contributed by atoms with Crippen molar-refractivity contribution in [3.05, 3.63) is 28.2 Å². The summed E-state index contributed by atoms with van der Waals surface area (Å²) >= 11 is 3.57. The summed E-state index contributed by atoms with van der Waals surface area (Å²) in [6, 6.07) is 6.77. The van der Waals surface area contributed by atoms with Gasteiger partial charge < -0.3 is 10.1 Å². The standard InChI is InChI=1S/C15H24BrNO/c1-5-18-15-9-7-12(10-13(15)16)14(17-4)8-6-11(2)3/h7,9-11,14,17H,5-6,8H2,1-4H3. The molecule has 0 radical (unpaired) electrons. The molecule has 1 aromatic rings. The average Bonchev–Trinajstić information content (AvgIpc) is 2.33. The second kappa shape index (κ2) is 7.80. The van der Waals surface area contributed by atoms with Crippen LogP contribution in [-0.4, -0.2) is 13.7 Å². The zero-order valence-electron chi connectivity index (χ0n) is 11.8. The summed E-state index contributed by atoms with van der Waals surface area (Å²) in [6.45, 7) is 7.22. The van der Waals surface area contributed by atoms with Crippen molar-refractivity contribution in [2.24, 2.45) is 5.92 Å². The molecule has 102 valence electrons. The highest BCUT2D eigenvalue weighted by atomic mass is 79.9. The number of hydrogen-bond donors (Lipinski definition) is 1. The molecule has 0 spiro atoms. The van der Waals surface area contributed by atoms with Crippen LogP contribution in [0.2, 0.25) is 0 Å². The van der Waals surface area contributed by atoms with E-state index >= 15 is 0 Å². The van der Waals surface area contributed by atoms with Crippen molar-refractivity contribution < 1.29 is 4.74 Å². The summed E-state index contributed by atoms with van der Waals surface area (Å²) in [5.41, 5.74) is 1.31. The number of ether oxygens (including phenoxy) is 1. The zero-order chi connectivity index (χ0) is 13.5. The Morgan fingerprint density at radius 3 is 2.50 bits per heavy atom. The van der Waals surface area contributed by atoms with Gasteiger partial charge in [-0.2, -0.15) is 0 Å². The molecule has 1 unspecified atom stereocenters. The average molecular weight is 314 g/mol. The summed E-state index contributed by atoms with van der Waals surface area (Å²) in [6.07, 6.45) is 2.39. The molecule has 1 rings (SSSR count). The van der Waals surface area contributed by atoms with E-state index in [1.54, 1.807) is 0 Å². The third-order valence-electron chi connectivity index (χ3n) is 3.04. The largest absolute Gasteiger partial charge is 0.493 e. The smallest absolute Gasteiger partial charge is 0.133 e. The van der Waals surface area contributed by atoms with Crippen LogP contribution in [0.4, 0.5) is 0 Å². The predicted molar refractivity (Wildman–Crippen MR) is 81.2 cm³/mol. The van der Waals surface area contributed by atoms with Crippen molar-refractivity contribution in [3.8, 4) is 5.75 Å². The zero-order valence-corrected chi connectivity index (χ0v) is 13.4. The van der Waals surface area contributed by atoms with Crippen LogP contribution in [0.5, 0.6) is 5.75 Å². The normalized spacial score (nSPS) is 12.8. The molecule has 0 saturated heterocycles. The molecular weight excluding hydrogens is 290 g/mol. The number of benzene rings is 1. The molecule has 1 aromatic carbocycles. The van der Waals surface area contributed by atoms with Crippen LogP contribution in [0.1, 0.15) is 45.2 Å². The van der Waals surface area contributed by atoms with Gasteiger partial charge in [0.2, 0.25) is 0 Å². The molecule has 0 aliphatic rings. The Balaban J connectivity index is 2.77. The van der Waals surface area contributed by atoms with Gasteiger partial charge in [0.25, 0.3) is 0 Å². The second-order valence-corrected chi connectivity index (χ2v) is 5.79. The minimum Gasteiger partial charge on any atom is -0.493 e. The second-order valence-electron chi connectivity index (χ2n) is 4.94. The maximum Gasteiger partial charge on any atom is 0.133 e. The van der Waals surface area contributed by atoms with Gasteiger partial charge in [0.15, 0.2) is 0 Å². The molecule has 0 aliphatic heterocycles. The summed E-state index contributed by atoms with van der Waals surface area (Å²) in [5.74, 6) is 1.66. The SMILES string of the molecule is CCOc1ccc(C(CCC(C)C)NC)cc1Br. The van der Waals surface area contributed by atoms with Crippen molar-refractivity contribution >= 4 is 15.9 Å². The highest BCUT2D eigenvalue weighted by Gasteiger charge is 2.12. The molecule has 0 saturated carbocycles. The molecule has 1 N–H and O–H groups in total. The molecule has 2 nitrogen and oxygen atoms in total. The minimum absolute atomic E-state index is 0.416. The van der Waals surface area contributed by atoms with E-state index < -0.39 is 0 Å². The molecule has 0 heterocycles. The number of halogens is 1. The Kier molecular flexibility index (Phi) is 6.72. The van der Waals surface area contributed by atoms with E-state index in [9.17, 15) is 0 Å². The lowest BCUT2D eigenvalue weighted by atomic mass is 9.98. The molecule has 18 heavy (non-hydrogen) atoms. The first kappa shape index (κ1) is 15.5. The molecule has 1 atom stereocenters. The fraction of sp³-hybridized carbons (Fsp3) is 0.600. The summed E-state index contributed by atoms with van der Waals surface area (Å²) in [7, 11) is 2.02. The van der Waals surface area contributed by atoms with Gasteiger partial charge in [0.1, 0.15) is 5.75 Å². The van der Waals surface area contributed by atoms with Crippen LogP contribution < -0.4 is 10.1 Å². The maximum absolute atomic E-state index is 5.54. The van der Waals surface area contributed by atoms with Crippen molar-refractivity contribution in [1.82, 2.24) is 5.32 Å². The first-order chi connectivity index (χ1) is 8.58.